The Morgan fingerprint density at radius 3 is 2.82 bits per heavy atom. The highest BCUT2D eigenvalue weighted by Gasteiger charge is 2.05. The predicted molar refractivity (Wildman–Crippen MR) is 65.7 cm³/mol. The van der Waals surface area contributed by atoms with Gasteiger partial charge in [0.2, 0.25) is 5.91 Å². The molecule has 0 saturated heterocycles. The van der Waals surface area contributed by atoms with Crippen molar-refractivity contribution < 1.29 is 9.18 Å². The summed E-state index contributed by atoms with van der Waals surface area (Å²) in [5, 5.41) is 2.70. The third kappa shape index (κ3) is 4.53. The molecule has 1 aromatic rings. The minimum absolute atomic E-state index is 0.0332. The zero-order valence-corrected chi connectivity index (χ0v) is 10.1. The van der Waals surface area contributed by atoms with Crippen molar-refractivity contribution in [3.63, 3.8) is 0 Å². The second-order valence-corrected chi connectivity index (χ2v) is 4.01. The molecule has 0 fully saturated rings. The van der Waals surface area contributed by atoms with Crippen LogP contribution in [0.2, 0.25) is 0 Å². The number of hydrogen-bond donors (Lipinski definition) is 2. The zero-order valence-electron chi connectivity index (χ0n) is 10.1. The van der Waals surface area contributed by atoms with Crippen molar-refractivity contribution in [2.75, 3.05) is 0 Å². The lowest BCUT2D eigenvalue weighted by atomic mass is 10.1. The molecule has 0 aromatic heterocycles. The number of nitrogens with one attached hydrogen (secondary N) is 1. The molecule has 1 rings (SSSR count). The third-order valence-corrected chi connectivity index (χ3v) is 2.59. The van der Waals surface area contributed by atoms with Gasteiger partial charge in [-0.05, 0) is 18.1 Å². The number of unbranched alkanes of at least 4 members (excludes halogenated alkanes) is 1. The summed E-state index contributed by atoms with van der Waals surface area (Å²) >= 11 is 0. The monoisotopic (exact) mass is 238 g/mol. The number of nitrogens with two attached hydrogens (primary N) is 1. The van der Waals surface area contributed by atoms with Crippen molar-refractivity contribution >= 4 is 5.91 Å². The van der Waals surface area contributed by atoms with E-state index in [2.05, 4.69) is 5.32 Å². The van der Waals surface area contributed by atoms with Crippen LogP contribution in [0.5, 0.6) is 0 Å². The van der Waals surface area contributed by atoms with Gasteiger partial charge in [0, 0.05) is 25.1 Å². The maximum atomic E-state index is 13.5. The Morgan fingerprint density at radius 1 is 1.47 bits per heavy atom. The lowest BCUT2D eigenvalue weighted by Crippen LogP contribution is -2.22. The van der Waals surface area contributed by atoms with E-state index in [9.17, 15) is 9.18 Å². The number of amides is 1. The smallest absolute Gasteiger partial charge is 0.220 e. The first-order valence-corrected chi connectivity index (χ1v) is 5.91. The summed E-state index contributed by atoms with van der Waals surface area (Å²) in [6, 6.07) is 4.85. The second-order valence-electron chi connectivity index (χ2n) is 4.01. The maximum absolute atomic E-state index is 13.5. The number of halogens is 1. The lowest BCUT2D eigenvalue weighted by Gasteiger charge is -2.07. The van der Waals surface area contributed by atoms with Crippen molar-refractivity contribution in [1.82, 2.24) is 5.32 Å². The first-order valence-electron chi connectivity index (χ1n) is 5.91. The van der Waals surface area contributed by atoms with E-state index in [1.165, 1.54) is 6.07 Å². The molecule has 4 heteroatoms. The van der Waals surface area contributed by atoms with Crippen LogP contribution in [0.4, 0.5) is 4.39 Å². The van der Waals surface area contributed by atoms with Gasteiger partial charge < -0.3 is 11.1 Å². The summed E-state index contributed by atoms with van der Waals surface area (Å²) in [5.41, 5.74) is 6.66. The van der Waals surface area contributed by atoms with Crippen LogP contribution < -0.4 is 11.1 Å². The van der Waals surface area contributed by atoms with E-state index >= 15 is 0 Å². The van der Waals surface area contributed by atoms with Gasteiger partial charge in [0.25, 0.3) is 0 Å². The van der Waals surface area contributed by atoms with Gasteiger partial charge >= 0.3 is 0 Å². The Kier molecular flexibility index (Phi) is 5.63. The van der Waals surface area contributed by atoms with Gasteiger partial charge in [-0.1, -0.05) is 25.5 Å². The van der Waals surface area contributed by atoms with Crippen molar-refractivity contribution in [3.8, 4) is 0 Å². The second kappa shape index (κ2) is 7.01. The van der Waals surface area contributed by atoms with Crippen LogP contribution in [0.3, 0.4) is 0 Å². The van der Waals surface area contributed by atoms with E-state index < -0.39 is 0 Å². The fourth-order valence-electron chi connectivity index (χ4n) is 1.48. The van der Waals surface area contributed by atoms with E-state index in [-0.39, 0.29) is 18.3 Å². The maximum Gasteiger partial charge on any atom is 0.220 e. The van der Waals surface area contributed by atoms with E-state index in [4.69, 9.17) is 5.73 Å². The highest BCUT2D eigenvalue weighted by molar-refractivity contribution is 5.75. The van der Waals surface area contributed by atoms with Crippen LogP contribution in [-0.4, -0.2) is 5.91 Å². The first kappa shape index (κ1) is 13.6. The van der Waals surface area contributed by atoms with Gasteiger partial charge in [-0.15, -0.1) is 0 Å². The van der Waals surface area contributed by atoms with Gasteiger partial charge in [-0.3, -0.25) is 4.79 Å². The number of carbonyl (C=O) groups is 1. The van der Waals surface area contributed by atoms with Gasteiger partial charge in [0.15, 0.2) is 0 Å². The Bertz CT molecular complexity index is 380. The first-order chi connectivity index (χ1) is 8.17. The molecule has 0 saturated carbocycles. The quantitative estimate of drug-likeness (QED) is 0.797. The molecular formula is C13H19FN2O. The van der Waals surface area contributed by atoms with Gasteiger partial charge in [0.1, 0.15) is 5.82 Å². The summed E-state index contributed by atoms with van der Waals surface area (Å²) < 4.78 is 13.5. The van der Waals surface area contributed by atoms with Crippen molar-refractivity contribution in [3.05, 3.63) is 35.1 Å². The van der Waals surface area contributed by atoms with Crippen molar-refractivity contribution in [2.24, 2.45) is 5.73 Å². The van der Waals surface area contributed by atoms with Crippen LogP contribution in [0, 0.1) is 5.82 Å². The molecule has 0 radical (unpaired) electrons. The highest BCUT2D eigenvalue weighted by Crippen LogP contribution is 2.10. The van der Waals surface area contributed by atoms with Crippen LogP contribution in [0.25, 0.3) is 0 Å². The third-order valence-electron chi connectivity index (χ3n) is 2.59. The molecule has 17 heavy (non-hydrogen) atoms. The molecule has 0 spiro atoms. The van der Waals surface area contributed by atoms with E-state index in [0.29, 0.717) is 18.5 Å². The highest BCUT2D eigenvalue weighted by atomic mass is 19.1. The Labute approximate surface area is 101 Å². The molecule has 94 valence electrons. The average Bonchev–Trinajstić information content (AvgIpc) is 2.34. The van der Waals surface area contributed by atoms with Gasteiger partial charge in [0.05, 0.1) is 0 Å². The Morgan fingerprint density at radius 2 is 2.24 bits per heavy atom. The molecule has 1 amide bonds. The molecule has 0 unspecified atom stereocenters. The lowest BCUT2D eigenvalue weighted by molar-refractivity contribution is -0.121. The largest absolute Gasteiger partial charge is 0.352 e. The van der Waals surface area contributed by atoms with E-state index in [0.717, 1.165) is 18.4 Å². The molecule has 0 aliphatic heterocycles. The fraction of sp³-hybridized carbons (Fsp3) is 0.462. The SMILES string of the molecule is CCCCC(=O)NCc1ccc(CN)cc1F. The minimum atomic E-state index is -0.316. The molecule has 0 aliphatic rings. The predicted octanol–water partition coefficient (Wildman–Crippen LogP) is 2.09. The van der Waals surface area contributed by atoms with E-state index in [1.54, 1.807) is 12.1 Å². The Hall–Kier alpha value is -1.42. The van der Waals surface area contributed by atoms with Gasteiger partial charge in [-0.2, -0.15) is 0 Å². The molecule has 3 nitrogen and oxygen atoms in total. The minimum Gasteiger partial charge on any atom is -0.352 e. The summed E-state index contributed by atoms with van der Waals surface area (Å²) in [5.74, 6) is -0.349. The molecule has 0 atom stereocenters. The summed E-state index contributed by atoms with van der Waals surface area (Å²) in [7, 11) is 0. The number of rotatable bonds is 6. The molecular weight excluding hydrogens is 219 g/mol. The molecule has 1 aromatic carbocycles. The number of benzene rings is 1. The van der Waals surface area contributed by atoms with Crippen LogP contribution in [-0.2, 0) is 17.9 Å². The van der Waals surface area contributed by atoms with Crippen LogP contribution in [0.15, 0.2) is 18.2 Å². The normalized spacial score (nSPS) is 10.3. The summed E-state index contributed by atoms with van der Waals surface area (Å²) in [4.78, 5) is 11.4. The molecule has 0 aliphatic carbocycles. The number of carbonyl (C=O) groups excluding carboxylic acids is 1. The van der Waals surface area contributed by atoms with Gasteiger partial charge in [-0.25, -0.2) is 4.39 Å². The van der Waals surface area contributed by atoms with Crippen molar-refractivity contribution in [2.45, 2.75) is 39.3 Å². The van der Waals surface area contributed by atoms with Crippen LogP contribution in [0.1, 0.15) is 37.3 Å². The topological polar surface area (TPSA) is 55.1 Å². The summed E-state index contributed by atoms with van der Waals surface area (Å²) in [6.07, 6.45) is 2.34. The zero-order chi connectivity index (χ0) is 12.7. The Balaban J connectivity index is 2.49. The fourth-order valence-corrected chi connectivity index (χ4v) is 1.48. The van der Waals surface area contributed by atoms with Crippen molar-refractivity contribution in [1.29, 1.82) is 0 Å². The van der Waals surface area contributed by atoms with Crippen LogP contribution >= 0.6 is 0 Å². The molecule has 0 heterocycles. The molecule has 3 N–H and O–H groups in total. The summed E-state index contributed by atoms with van der Waals surface area (Å²) in [6.45, 7) is 2.58. The molecule has 0 bridgehead atoms. The van der Waals surface area contributed by atoms with E-state index in [1.807, 2.05) is 6.92 Å². The standard InChI is InChI=1S/C13H19FN2O/c1-2-3-4-13(17)16-9-11-6-5-10(8-15)7-12(11)14/h5-7H,2-4,8-9,15H2,1H3,(H,16,17). The average molecular weight is 238 g/mol. The number of hydrogen-bond acceptors (Lipinski definition) is 2.